The first-order chi connectivity index (χ1) is 12.0. The molecule has 0 spiro atoms. The van der Waals surface area contributed by atoms with Gasteiger partial charge in [0.25, 0.3) is 0 Å². The average molecular weight is 371 g/mol. The minimum Gasteiger partial charge on any atom is -0.465 e. The Morgan fingerprint density at radius 2 is 1.81 bits per heavy atom. The van der Waals surface area contributed by atoms with Crippen molar-refractivity contribution >= 4 is 5.97 Å². The van der Waals surface area contributed by atoms with Crippen molar-refractivity contribution in [1.82, 2.24) is 0 Å². The van der Waals surface area contributed by atoms with E-state index in [0.29, 0.717) is 18.4 Å². The van der Waals surface area contributed by atoms with Gasteiger partial charge in [-0.1, -0.05) is 55.4 Å². The summed E-state index contributed by atoms with van der Waals surface area (Å²) in [6.07, 6.45) is 6.19. The maximum absolute atomic E-state index is 10.8. The molecule has 2 rings (SSSR count). The quantitative estimate of drug-likeness (QED) is 0.517. The van der Waals surface area contributed by atoms with Gasteiger partial charge in [-0.05, 0) is 18.3 Å². The molecule has 154 valence electrons. The van der Waals surface area contributed by atoms with E-state index in [1.54, 1.807) is 7.11 Å². The first-order valence-corrected chi connectivity index (χ1v) is 9.67. The van der Waals surface area contributed by atoms with E-state index in [1.807, 2.05) is 34.6 Å². The largest absolute Gasteiger partial charge is 0.465 e. The topological polar surface area (TPSA) is 44.8 Å². The molecule has 4 heteroatoms. The number of carbonyl (C=O) groups is 1. The van der Waals surface area contributed by atoms with Crippen LogP contribution in [0.3, 0.4) is 0 Å². The van der Waals surface area contributed by atoms with Gasteiger partial charge in [-0.25, -0.2) is 0 Å². The van der Waals surface area contributed by atoms with Crippen molar-refractivity contribution in [3.63, 3.8) is 0 Å². The van der Waals surface area contributed by atoms with Crippen molar-refractivity contribution in [2.45, 2.75) is 61.8 Å². The van der Waals surface area contributed by atoms with E-state index in [-0.39, 0.29) is 17.3 Å². The number of cyclic esters (lactones) is 1. The van der Waals surface area contributed by atoms with Crippen molar-refractivity contribution in [3.05, 3.63) is 0 Å². The van der Waals surface area contributed by atoms with Crippen LogP contribution in [-0.4, -0.2) is 39.5 Å². The molecule has 0 amide bonds. The summed E-state index contributed by atoms with van der Waals surface area (Å²) in [5, 5.41) is 0. The normalized spacial score (nSPS) is 22.9. The van der Waals surface area contributed by atoms with E-state index in [9.17, 15) is 4.79 Å². The molecule has 0 aromatic heterocycles. The predicted molar refractivity (Wildman–Crippen MR) is 109 cm³/mol. The van der Waals surface area contributed by atoms with Crippen LogP contribution in [0.5, 0.6) is 0 Å². The molecule has 0 radical (unpaired) electrons. The average Bonchev–Trinajstić information content (AvgIpc) is 3.12. The lowest BCUT2D eigenvalue weighted by atomic mass is 9.83. The van der Waals surface area contributed by atoms with E-state index in [1.165, 1.54) is 6.42 Å². The fourth-order valence-electron chi connectivity index (χ4n) is 1.81. The van der Waals surface area contributed by atoms with Gasteiger partial charge in [0.2, 0.25) is 0 Å². The molecule has 0 N–H and O–H groups in total. The summed E-state index contributed by atoms with van der Waals surface area (Å²) in [5.74, 6) is 4.45. The number of ether oxygens (including phenoxy) is 3. The van der Waals surface area contributed by atoms with Crippen LogP contribution in [0, 0.1) is 41.4 Å². The molecule has 26 heavy (non-hydrogen) atoms. The molecule has 0 aromatic rings. The Morgan fingerprint density at radius 3 is 1.88 bits per heavy atom. The minimum atomic E-state index is -0.0556. The highest BCUT2D eigenvalue weighted by Gasteiger charge is 2.39. The van der Waals surface area contributed by atoms with E-state index >= 15 is 0 Å². The molecule has 2 unspecified atom stereocenters. The van der Waals surface area contributed by atoms with Gasteiger partial charge in [0.15, 0.2) is 0 Å². The van der Waals surface area contributed by atoms with Crippen LogP contribution in [0.4, 0.5) is 0 Å². The van der Waals surface area contributed by atoms with Gasteiger partial charge in [0, 0.05) is 38.3 Å². The number of rotatable bonds is 2. The Kier molecular flexibility index (Phi) is 15.7. The van der Waals surface area contributed by atoms with Gasteiger partial charge >= 0.3 is 5.97 Å². The van der Waals surface area contributed by atoms with E-state index in [0.717, 1.165) is 25.7 Å². The molecule has 2 fully saturated rings. The van der Waals surface area contributed by atoms with Crippen LogP contribution in [0.1, 0.15) is 61.8 Å². The lowest BCUT2D eigenvalue weighted by Gasteiger charge is -2.16. The van der Waals surface area contributed by atoms with Crippen LogP contribution in [0.25, 0.3) is 0 Å². The third-order valence-corrected chi connectivity index (χ3v) is 4.10. The summed E-state index contributed by atoms with van der Waals surface area (Å²) >= 11 is 0. The molecule has 4 nitrogen and oxygen atoms in total. The maximum atomic E-state index is 10.8. The summed E-state index contributed by atoms with van der Waals surface area (Å²) in [4.78, 5) is 10.8. The van der Waals surface area contributed by atoms with Crippen LogP contribution < -0.4 is 0 Å². The number of terminal acetylenes is 1. The summed E-state index contributed by atoms with van der Waals surface area (Å²) < 4.78 is 14.7. The van der Waals surface area contributed by atoms with E-state index < -0.39 is 0 Å². The molecule has 2 aliphatic rings. The van der Waals surface area contributed by atoms with Gasteiger partial charge in [-0.2, -0.15) is 0 Å². The smallest absolute Gasteiger partial charge is 0.309 e. The third-order valence-electron chi connectivity index (χ3n) is 4.10. The van der Waals surface area contributed by atoms with Gasteiger partial charge in [0.1, 0.15) is 0 Å². The second-order valence-corrected chi connectivity index (χ2v) is 8.46. The number of carbonyl (C=O) groups excluding carboxylic acids is 1. The lowest BCUT2D eigenvalue weighted by Crippen LogP contribution is -2.20. The molecule has 2 aliphatic heterocycles. The second-order valence-electron chi connectivity index (χ2n) is 8.46. The van der Waals surface area contributed by atoms with Crippen molar-refractivity contribution in [3.8, 4) is 12.3 Å². The number of methoxy groups -OCH3 is 1. The van der Waals surface area contributed by atoms with Crippen LogP contribution >= 0.6 is 0 Å². The third kappa shape index (κ3) is 15.2. The van der Waals surface area contributed by atoms with E-state index in [4.69, 9.17) is 20.6 Å². The van der Waals surface area contributed by atoms with Crippen molar-refractivity contribution < 1.29 is 19.0 Å². The Bertz CT molecular complexity index is 387. The SMILES string of the molecule is C#CC(C)C.CC1C(=O)OCC1(C)C.CC1CCOC1.COCC(C)C. The highest BCUT2D eigenvalue weighted by atomic mass is 16.5. The van der Waals surface area contributed by atoms with Crippen LogP contribution in [0.15, 0.2) is 0 Å². The van der Waals surface area contributed by atoms with Crippen molar-refractivity contribution in [2.24, 2.45) is 29.1 Å². The molecular weight excluding hydrogens is 328 g/mol. The predicted octanol–water partition coefficient (Wildman–Crippen LogP) is 4.81. The summed E-state index contributed by atoms with van der Waals surface area (Å²) in [7, 11) is 1.72. The fourth-order valence-corrected chi connectivity index (χ4v) is 1.81. The second kappa shape index (κ2) is 15.1. The molecule has 0 saturated carbocycles. The minimum absolute atomic E-state index is 0.0527. The van der Waals surface area contributed by atoms with Crippen LogP contribution in [-0.2, 0) is 19.0 Å². The molecule has 2 atom stereocenters. The summed E-state index contributed by atoms with van der Waals surface area (Å²) in [5.41, 5.74) is 0.0527. The van der Waals surface area contributed by atoms with Crippen molar-refractivity contribution in [2.75, 3.05) is 33.5 Å². The number of esters is 1. The molecule has 2 saturated heterocycles. The van der Waals surface area contributed by atoms with Gasteiger partial charge < -0.3 is 14.2 Å². The Morgan fingerprint density at radius 1 is 1.27 bits per heavy atom. The highest BCUT2D eigenvalue weighted by molar-refractivity contribution is 5.74. The van der Waals surface area contributed by atoms with Gasteiger partial charge in [0.05, 0.1) is 12.5 Å². The Hall–Kier alpha value is -1.05. The monoisotopic (exact) mass is 370 g/mol. The first kappa shape index (κ1) is 27.2. The summed E-state index contributed by atoms with van der Waals surface area (Å²) in [6, 6.07) is 0. The Balaban J connectivity index is 0. The van der Waals surface area contributed by atoms with Gasteiger partial charge in [-0.15, -0.1) is 12.3 Å². The molecular formula is C22H42O4. The molecule has 0 aliphatic carbocycles. The molecule has 2 heterocycles. The van der Waals surface area contributed by atoms with E-state index in [2.05, 4.69) is 26.7 Å². The number of hydrogen-bond acceptors (Lipinski definition) is 4. The lowest BCUT2D eigenvalue weighted by molar-refractivity contribution is -0.140. The van der Waals surface area contributed by atoms with Crippen LogP contribution in [0.2, 0.25) is 0 Å². The zero-order valence-corrected chi connectivity index (χ0v) is 18.6. The Labute approximate surface area is 162 Å². The first-order valence-electron chi connectivity index (χ1n) is 9.67. The zero-order chi connectivity index (χ0) is 20.8. The van der Waals surface area contributed by atoms with Gasteiger partial charge in [-0.3, -0.25) is 4.79 Å². The molecule has 0 bridgehead atoms. The zero-order valence-electron chi connectivity index (χ0n) is 18.6. The number of hydrogen-bond donors (Lipinski definition) is 0. The fraction of sp³-hybridized carbons (Fsp3) is 0.864. The standard InChI is InChI=1S/C7H12O2.C5H10O.C5H12O.C5H8/c1-5-6(8)9-4-7(5,2)3;1-5-2-3-6-4-5;1-5(2)4-6-3;1-4-5(2)3/h5H,4H2,1-3H3;5H,2-4H2,1H3;5H,4H2,1-3H3;1,5H,2-3H3. The highest BCUT2D eigenvalue weighted by Crippen LogP contribution is 2.33. The molecule has 0 aromatic carbocycles. The maximum Gasteiger partial charge on any atom is 0.309 e. The summed E-state index contributed by atoms with van der Waals surface area (Å²) in [6.45, 7) is 19.9. The van der Waals surface area contributed by atoms with Crippen molar-refractivity contribution in [1.29, 1.82) is 0 Å².